The van der Waals surface area contributed by atoms with Crippen LogP contribution in [0, 0.1) is 5.92 Å². The SMILES string of the molecule is CC[C@H]1OCC(OC(C)=O)[C@H]1OCOC[C@H]1OCC(OC(=O)c2ccccc2)[C@H]1C. The lowest BCUT2D eigenvalue weighted by molar-refractivity contribution is -0.164. The highest BCUT2D eigenvalue weighted by atomic mass is 16.7. The number of ether oxygens (including phenoxy) is 6. The number of benzene rings is 1. The number of hydrogen-bond acceptors (Lipinski definition) is 8. The summed E-state index contributed by atoms with van der Waals surface area (Å²) in [7, 11) is 0. The Labute approximate surface area is 176 Å². The predicted octanol–water partition coefficient (Wildman–Crippen LogP) is 2.35. The van der Waals surface area contributed by atoms with E-state index in [1.165, 1.54) is 6.92 Å². The number of carbonyl (C=O) groups is 2. The summed E-state index contributed by atoms with van der Waals surface area (Å²) in [6.07, 6.45) is -0.706. The van der Waals surface area contributed by atoms with E-state index >= 15 is 0 Å². The minimum Gasteiger partial charge on any atom is -0.457 e. The summed E-state index contributed by atoms with van der Waals surface area (Å²) in [4.78, 5) is 23.5. The first-order valence-electron chi connectivity index (χ1n) is 10.3. The van der Waals surface area contributed by atoms with Gasteiger partial charge >= 0.3 is 11.9 Å². The Morgan fingerprint density at radius 1 is 1.03 bits per heavy atom. The molecule has 8 heteroatoms. The van der Waals surface area contributed by atoms with Crippen LogP contribution in [0.2, 0.25) is 0 Å². The van der Waals surface area contributed by atoms with Gasteiger partial charge in [0, 0.05) is 12.8 Å². The van der Waals surface area contributed by atoms with Crippen molar-refractivity contribution in [1.82, 2.24) is 0 Å². The Morgan fingerprint density at radius 3 is 2.43 bits per heavy atom. The molecule has 1 aromatic carbocycles. The van der Waals surface area contributed by atoms with Gasteiger partial charge in [0.25, 0.3) is 0 Å². The fraction of sp³-hybridized carbons (Fsp3) is 0.636. The van der Waals surface area contributed by atoms with Gasteiger partial charge in [-0.05, 0) is 18.6 Å². The predicted molar refractivity (Wildman–Crippen MR) is 106 cm³/mol. The second-order valence-electron chi connectivity index (χ2n) is 7.59. The topological polar surface area (TPSA) is 89.5 Å². The molecule has 2 fully saturated rings. The van der Waals surface area contributed by atoms with Crippen molar-refractivity contribution >= 4 is 11.9 Å². The maximum atomic E-state index is 12.2. The van der Waals surface area contributed by atoms with Crippen LogP contribution in [0.4, 0.5) is 0 Å². The molecule has 0 N–H and O–H groups in total. The average molecular weight is 422 g/mol. The van der Waals surface area contributed by atoms with Crippen LogP contribution in [-0.4, -0.2) is 69.1 Å². The van der Waals surface area contributed by atoms with Gasteiger partial charge in [-0.2, -0.15) is 0 Å². The Balaban J connectivity index is 1.41. The van der Waals surface area contributed by atoms with E-state index in [2.05, 4.69) is 0 Å². The van der Waals surface area contributed by atoms with Crippen molar-refractivity contribution in [1.29, 1.82) is 0 Å². The van der Waals surface area contributed by atoms with Crippen molar-refractivity contribution < 1.29 is 38.0 Å². The van der Waals surface area contributed by atoms with Crippen LogP contribution in [0.5, 0.6) is 0 Å². The molecule has 0 spiro atoms. The Morgan fingerprint density at radius 2 is 1.73 bits per heavy atom. The fourth-order valence-corrected chi connectivity index (χ4v) is 3.70. The van der Waals surface area contributed by atoms with E-state index in [1.807, 2.05) is 19.9 Å². The molecule has 0 bridgehead atoms. The second-order valence-corrected chi connectivity index (χ2v) is 7.59. The van der Waals surface area contributed by atoms with Crippen molar-refractivity contribution in [3.63, 3.8) is 0 Å². The molecular weight excluding hydrogens is 392 g/mol. The summed E-state index contributed by atoms with van der Waals surface area (Å²) >= 11 is 0. The molecule has 2 unspecified atom stereocenters. The zero-order valence-corrected chi connectivity index (χ0v) is 17.7. The van der Waals surface area contributed by atoms with E-state index < -0.39 is 6.10 Å². The van der Waals surface area contributed by atoms with E-state index in [1.54, 1.807) is 24.3 Å². The molecule has 0 aromatic heterocycles. The van der Waals surface area contributed by atoms with Crippen molar-refractivity contribution in [3.05, 3.63) is 35.9 Å². The van der Waals surface area contributed by atoms with E-state index in [-0.39, 0.29) is 49.1 Å². The van der Waals surface area contributed by atoms with Crippen LogP contribution >= 0.6 is 0 Å². The molecule has 0 radical (unpaired) electrons. The molecule has 2 saturated heterocycles. The lowest BCUT2D eigenvalue weighted by atomic mass is 10.0. The number of rotatable bonds is 9. The van der Waals surface area contributed by atoms with Gasteiger partial charge in [0.05, 0.1) is 37.6 Å². The standard InChI is InChI=1S/C22H30O8/c1-4-17-21(20(12-26-17)29-15(3)23)28-13-25-10-18-14(2)19(11-27-18)30-22(24)16-8-6-5-7-9-16/h5-9,14,17-21H,4,10-13H2,1-3H3/t14-,17+,18+,19?,20?,21-/m0/s1. The molecule has 30 heavy (non-hydrogen) atoms. The maximum Gasteiger partial charge on any atom is 0.338 e. The van der Waals surface area contributed by atoms with E-state index in [0.717, 1.165) is 6.42 Å². The molecule has 0 aliphatic carbocycles. The van der Waals surface area contributed by atoms with Gasteiger partial charge in [0.15, 0.2) is 6.10 Å². The number of esters is 2. The Kier molecular flexibility index (Phi) is 8.21. The molecule has 6 atom stereocenters. The highest BCUT2D eigenvalue weighted by molar-refractivity contribution is 5.89. The van der Waals surface area contributed by atoms with Gasteiger partial charge in [0.2, 0.25) is 0 Å². The number of hydrogen-bond donors (Lipinski definition) is 0. The molecule has 2 aliphatic heterocycles. The summed E-state index contributed by atoms with van der Waals surface area (Å²) in [5, 5.41) is 0. The minimum absolute atomic E-state index is 0.00957. The van der Waals surface area contributed by atoms with E-state index in [0.29, 0.717) is 25.4 Å². The van der Waals surface area contributed by atoms with Gasteiger partial charge in [-0.1, -0.05) is 32.0 Å². The molecular formula is C22H30O8. The summed E-state index contributed by atoms with van der Waals surface area (Å²) in [6.45, 7) is 6.32. The first-order valence-corrected chi connectivity index (χ1v) is 10.3. The monoisotopic (exact) mass is 422 g/mol. The summed E-state index contributed by atoms with van der Waals surface area (Å²) in [5.74, 6) is -0.729. The molecule has 0 amide bonds. The van der Waals surface area contributed by atoms with Gasteiger partial charge < -0.3 is 28.4 Å². The average Bonchev–Trinajstić information content (AvgIpc) is 3.28. The highest BCUT2D eigenvalue weighted by Crippen LogP contribution is 2.26. The third-order valence-corrected chi connectivity index (χ3v) is 5.47. The molecule has 0 saturated carbocycles. The number of carbonyl (C=O) groups excluding carboxylic acids is 2. The molecule has 166 valence electrons. The highest BCUT2D eigenvalue weighted by Gasteiger charge is 2.40. The first-order chi connectivity index (χ1) is 14.5. The molecule has 1 aromatic rings. The Bertz CT molecular complexity index is 694. The van der Waals surface area contributed by atoms with Crippen molar-refractivity contribution in [3.8, 4) is 0 Å². The normalized spacial score (nSPS) is 30.9. The van der Waals surface area contributed by atoms with Crippen LogP contribution in [-0.2, 0) is 33.2 Å². The van der Waals surface area contributed by atoms with Crippen LogP contribution in [0.3, 0.4) is 0 Å². The van der Waals surface area contributed by atoms with E-state index in [4.69, 9.17) is 28.4 Å². The second kappa shape index (κ2) is 10.9. The van der Waals surface area contributed by atoms with Crippen molar-refractivity contribution in [2.24, 2.45) is 5.92 Å². The summed E-state index contributed by atoms with van der Waals surface area (Å²) < 4.78 is 33.7. The molecule has 2 aliphatic rings. The van der Waals surface area contributed by atoms with Crippen molar-refractivity contribution in [2.75, 3.05) is 26.6 Å². The van der Waals surface area contributed by atoms with Gasteiger partial charge in [-0.25, -0.2) is 4.79 Å². The van der Waals surface area contributed by atoms with Crippen LogP contribution in [0.25, 0.3) is 0 Å². The minimum atomic E-state index is -0.431. The summed E-state index contributed by atoms with van der Waals surface area (Å²) in [5.41, 5.74) is 0.518. The lowest BCUT2D eigenvalue weighted by Crippen LogP contribution is -2.37. The zero-order chi connectivity index (χ0) is 21.5. The van der Waals surface area contributed by atoms with Crippen molar-refractivity contribution in [2.45, 2.75) is 57.7 Å². The Hall–Kier alpha value is -2.00. The van der Waals surface area contributed by atoms with Crippen LogP contribution in [0.15, 0.2) is 30.3 Å². The van der Waals surface area contributed by atoms with Gasteiger partial charge in [-0.3, -0.25) is 4.79 Å². The fourth-order valence-electron chi connectivity index (χ4n) is 3.70. The van der Waals surface area contributed by atoms with Crippen LogP contribution < -0.4 is 0 Å². The third kappa shape index (κ3) is 5.78. The maximum absolute atomic E-state index is 12.2. The lowest BCUT2D eigenvalue weighted by Gasteiger charge is -2.23. The largest absolute Gasteiger partial charge is 0.457 e. The van der Waals surface area contributed by atoms with Gasteiger partial charge in [-0.15, -0.1) is 0 Å². The zero-order valence-electron chi connectivity index (χ0n) is 17.7. The first kappa shape index (κ1) is 22.7. The molecule has 3 rings (SSSR count). The molecule has 8 nitrogen and oxygen atoms in total. The quantitative estimate of drug-likeness (QED) is 0.340. The smallest absolute Gasteiger partial charge is 0.338 e. The van der Waals surface area contributed by atoms with Gasteiger partial charge in [0.1, 0.15) is 19.0 Å². The third-order valence-electron chi connectivity index (χ3n) is 5.47. The van der Waals surface area contributed by atoms with Crippen LogP contribution in [0.1, 0.15) is 37.6 Å². The van der Waals surface area contributed by atoms with E-state index in [9.17, 15) is 9.59 Å². The summed E-state index contributed by atoms with van der Waals surface area (Å²) in [6, 6.07) is 8.89. The molecule has 2 heterocycles.